The number of piperidine rings is 1. The molecule has 2 fully saturated rings. The van der Waals surface area contributed by atoms with E-state index in [0.717, 1.165) is 43.5 Å². The smallest absolute Gasteiger partial charge is 0.251 e. The van der Waals surface area contributed by atoms with E-state index < -0.39 is 0 Å². The predicted octanol–water partition coefficient (Wildman–Crippen LogP) is 3.88. The zero-order valence-corrected chi connectivity index (χ0v) is 18.6. The van der Waals surface area contributed by atoms with Gasteiger partial charge in [0.1, 0.15) is 5.82 Å². The average molecular weight is 425 g/mol. The number of carbonyl (C=O) groups is 1. The van der Waals surface area contributed by atoms with Crippen molar-refractivity contribution in [2.45, 2.75) is 63.7 Å². The lowest BCUT2D eigenvalue weighted by Gasteiger charge is -2.35. The summed E-state index contributed by atoms with van der Waals surface area (Å²) in [6.45, 7) is 8.39. The van der Waals surface area contributed by atoms with Gasteiger partial charge in [-0.1, -0.05) is 45.0 Å². The summed E-state index contributed by atoms with van der Waals surface area (Å²) in [6, 6.07) is 15.0. The van der Waals surface area contributed by atoms with E-state index in [0.29, 0.717) is 0 Å². The molecule has 0 aliphatic carbocycles. The van der Waals surface area contributed by atoms with Crippen molar-refractivity contribution in [3.63, 3.8) is 0 Å². The molecular weight excluding hydrogens is 391 g/mol. The highest BCUT2D eigenvalue weighted by Crippen LogP contribution is 2.26. The number of rotatable bonds is 4. The molecule has 166 valence electrons. The number of hydrogen-bond acceptors (Lipinski definition) is 4. The van der Waals surface area contributed by atoms with Gasteiger partial charge in [-0.2, -0.15) is 0 Å². The quantitative estimate of drug-likeness (QED) is 0.697. The lowest BCUT2D eigenvalue weighted by atomic mass is 9.86. The minimum absolute atomic E-state index is 0.0101. The van der Waals surface area contributed by atoms with Gasteiger partial charge in [0.15, 0.2) is 0 Å². The number of likely N-dealkylation sites (tertiary alicyclic amines) is 1. The summed E-state index contributed by atoms with van der Waals surface area (Å²) in [6.07, 6.45) is 3.05. The summed E-state index contributed by atoms with van der Waals surface area (Å²) < 4.78 is 13.2. The van der Waals surface area contributed by atoms with Crippen LogP contribution < -0.4 is 16.2 Å². The average Bonchev–Trinajstić information content (AvgIpc) is 3.24. The maximum atomic E-state index is 13.2. The van der Waals surface area contributed by atoms with Gasteiger partial charge in [-0.05, 0) is 60.1 Å². The molecule has 2 saturated heterocycles. The number of halogens is 1. The molecule has 2 heterocycles. The Balaban J connectivity index is 1.25. The molecular formula is C25H33FN4O. The Labute approximate surface area is 184 Å². The summed E-state index contributed by atoms with van der Waals surface area (Å²) in [5, 5.41) is 3.21. The fourth-order valence-electron chi connectivity index (χ4n) is 4.44. The molecule has 2 atom stereocenters. The maximum absolute atomic E-state index is 13.2. The second-order valence-electron chi connectivity index (χ2n) is 9.76. The number of amides is 1. The van der Waals surface area contributed by atoms with Crippen molar-refractivity contribution in [3.05, 3.63) is 71.0 Å². The Morgan fingerprint density at radius 1 is 1.00 bits per heavy atom. The number of hydrogen-bond donors (Lipinski definition) is 3. The van der Waals surface area contributed by atoms with Crippen molar-refractivity contribution in [1.82, 2.24) is 21.1 Å². The highest BCUT2D eigenvalue weighted by Gasteiger charge is 2.32. The molecule has 0 aromatic heterocycles. The van der Waals surface area contributed by atoms with Crippen molar-refractivity contribution < 1.29 is 9.18 Å². The van der Waals surface area contributed by atoms with Gasteiger partial charge in [-0.15, -0.1) is 0 Å². The molecule has 2 aromatic rings. The van der Waals surface area contributed by atoms with Crippen molar-refractivity contribution in [2.75, 3.05) is 13.1 Å². The molecule has 2 aliphatic rings. The highest BCUT2D eigenvalue weighted by molar-refractivity contribution is 5.94. The molecule has 1 amide bonds. The van der Waals surface area contributed by atoms with E-state index in [2.05, 4.69) is 41.8 Å². The van der Waals surface area contributed by atoms with E-state index in [9.17, 15) is 9.18 Å². The van der Waals surface area contributed by atoms with Crippen LogP contribution in [0, 0.1) is 5.82 Å². The Morgan fingerprint density at radius 3 is 2.26 bits per heavy atom. The molecule has 31 heavy (non-hydrogen) atoms. The van der Waals surface area contributed by atoms with Crippen LogP contribution in [-0.2, 0) is 5.41 Å². The van der Waals surface area contributed by atoms with Gasteiger partial charge in [0, 0.05) is 30.7 Å². The first kappa shape index (κ1) is 21.9. The predicted molar refractivity (Wildman–Crippen MR) is 121 cm³/mol. The first-order valence-corrected chi connectivity index (χ1v) is 11.2. The van der Waals surface area contributed by atoms with Crippen LogP contribution in [0.3, 0.4) is 0 Å². The summed E-state index contributed by atoms with van der Waals surface area (Å²) in [4.78, 5) is 15.1. The molecule has 2 aliphatic heterocycles. The minimum Gasteiger partial charge on any atom is -0.349 e. The van der Waals surface area contributed by atoms with Crippen molar-refractivity contribution in [1.29, 1.82) is 0 Å². The topological polar surface area (TPSA) is 56.4 Å². The first-order valence-electron chi connectivity index (χ1n) is 11.2. The van der Waals surface area contributed by atoms with Crippen molar-refractivity contribution in [3.8, 4) is 0 Å². The molecule has 0 saturated carbocycles. The SMILES string of the molecule is CC(C)(C)c1ccc(C(=O)NC2CCN(C3CC(c4ccc(F)cc4)NN3)CC2)cc1. The number of benzene rings is 2. The maximum Gasteiger partial charge on any atom is 0.251 e. The Kier molecular flexibility index (Phi) is 6.42. The fraction of sp³-hybridized carbons (Fsp3) is 0.480. The van der Waals surface area contributed by atoms with E-state index in [1.54, 1.807) is 0 Å². The van der Waals surface area contributed by atoms with Crippen LogP contribution in [0.15, 0.2) is 48.5 Å². The lowest BCUT2D eigenvalue weighted by molar-refractivity contribution is 0.0880. The van der Waals surface area contributed by atoms with Crippen LogP contribution in [0.1, 0.15) is 67.6 Å². The molecule has 2 aromatic carbocycles. The number of nitrogens with zero attached hydrogens (tertiary/aromatic N) is 1. The number of nitrogens with one attached hydrogen (secondary N) is 3. The molecule has 0 bridgehead atoms. The van der Waals surface area contributed by atoms with E-state index >= 15 is 0 Å². The summed E-state index contributed by atoms with van der Waals surface area (Å²) in [5.74, 6) is -0.198. The number of carbonyl (C=O) groups excluding carboxylic acids is 1. The summed E-state index contributed by atoms with van der Waals surface area (Å²) >= 11 is 0. The standard InChI is InChI=1S/C25H33FN4O/c1-25(2,3)19-8-4-18(5-9-19)24(31)27-21-12-14-30(15-13-21)23-16-22(28-29-23)17-6-10-20(26)11-7-17/h4-11,21-23,28-29H,12-16H2,1-3H3,(H,27,31). The minimum atomic E-state index is -0.208. The molecule has 2 unspecified atom stereocenters. The van der Waals surface area contributed by atoms with Gasteiger partial charge in [0.2, 0.25) is 0 Å². The van der Waals surface area contributed by atoms with Gasteiger partial charge in [-0.3, -0.25) is 9.69 Å². The van der Waals surface area contributed by atoms with Gasteiger partial charge in [0.05, 0.1) is 6.17 Å². The van der Waals surface area contributed by atoms with Gasteiger partial charge in [0.25, 0.3) is 5.91 Å². The van der Waals surface area contributed by atoms with Crippen LogP contribution in [-0.4, -0.2) is 36.1 Å². The Hall–Kier alpha value is -2.28. The van der Waals surface area contributed by atoms with Gasteiger partial charge >= 0.3 is 0 Å². The molecule has 0 spiro atoms. The van der Waals surface area contributed by atoms with Crippen molar-refractivity contribution >= 4 is 5.91 Å². The largest absolute Gasteiger partial charge is 0.349 e. The lowest BCUT2D eigenvalue weighted by Crippen LogP contribution is -2.51. The second kappa shape index (κ2) is 9.07. The third-order valence-corrected chi connectivity index (χ3v) is 6.47. The van der Waals surface area contributed by atoms with Gasteiger partial charge in [-0.25, -0.2) is 15.2 Å². The second-order valence-corrected chi connectivity index (χ2v) is 9.76. The normalized spacial score (nSPS) is 23.1. The third-order valence-electron chi connectivity index (χ3n) is 6.47. The van der Waals surface area contributed by atoms with Crippen molar-refractivity contribution in [2.24, 2.45) is 0 Å². The highest BCUT2D eigenvalue weighted by atomic mass is 19.1. The third kappa shape index (κ3) is 5.32. The van der Waals surface area contributed by atoms with E-state index in [1.165, 1.54) is 17.7 Å². The molecule has 3 N–H and O–H groups in total. The first-order chi connectivity index (χ1) is 14.8. The molecule has 0 radical (unpaired) electrons. The van der Waals surface area contributed by atoms with E-state index in [1.807, 2.05) is 36.4 Å². The van der Waals surface area contributed by atoms with Crippen LogP contribution in [0.4, 0.5) is 4.39 Å². The van der Waals surface area contributed by atoms with E-state index in [4.69, 9.17) is 0 Å². The molecule has 6 heteroatoms. The van der Waals surface area contributed by atoms with Gasteiger partial charge < -0.3 is 5.32 Å². The Morgan fingerprint density at radius 2 is 1.65 bits per heavy atom. The number of hydrazine groups is 1. The monoisotopic (exact) mass is 424 g/mol. The fourth-order valence-corrected chi connectivity index (χ4v) is 4.44. The zero-order chi connectivity index (χ0) is 22.0. The molecule has 5 nitrogen and oxygen atoms in total. The summed E-state index contributed by atoms with van der Waals surface area (Å²) in [5.41, 5.74) is 9.85. The van der Waals surface area contributed by atoms with E-state index in [-0.39, 0.29) is 35.4 Å². The van der Waals surface area contributed by atoms with Crippen LogP contribution >= 0.6 is 0 Å². The summed E-state index contributed by atoms with van der Waals surface area (Å²) in [7, 11) is 0. The Bertz CT molecular complexity index is 883. The molecule has 4 rings (SSSR count). The van der Waals surface area contributed by atoms with Crippen LogP contribution in [0.2, 0.25) is 0 Å². The zero-order valence-electron chi connectivity index (χ0n) is 18.6. The van der Waals surface area contributed by atoms with Crippen LogP contribution in [0.25, 0.3) is 0 Å². The van der Waals surface area contributed by atoms with Crippen LogP contribution in [0.5, 0.6) is 0 Å².